The van der Waals surface area contributed by atoms with Crippen molar-refractivity contribution in [2.75, 3.05) is 13.2 Å². The van der Waals surface area contributed by atoms with Gasteiger partial charge in [0, 0.05) is 37.8 Å². The first-order valence-electron chi connectivity index (χ1n) is 7.47. The molecule has 21 heavy (non-hydrogen) atoms. The summed E-state index contributed by atoms with van der Waals surface area (Å²) in [5.41, 5.74) is 1.04. The van der Waals surface area contributed by atoms with Crippen molar-refractivity contribution in [3.63, 3.8) is 0 Å². The maximum absolute atomic E-state index is 11.9. The molecule has 3 rings (SSSR count). The molecule has 6 nitrogen and oxygen atoms in total. The van der Waals surface area contributed by atoms with Crippen molar-refractivity contribution in [3.8, 4) is 0 Å². The molecule has 0 radical (unpaired) electrons. The number of pyridine rings is 1. The van der Waals surface area contributed by atoms with E-state index in [0.29, 0.717) is 19.8 Å². The van der Waals surface area contributed by atoms with Crippen LogP contribution < -0.4 is 10.6 Å². The third kappa shape index (κ3) is 3.71. The van der Waals surface area contributed by atoms with Crippen LogP contribution in [0.2, 0.25) is 0 Å². The van der Waals surface area contributed by atoms with Gasteiger partial charge in [0.25, 0.3) is 0 Å². The average molecular weight is 291 g/mol. The highest BCUT2D eigenvalue weighted by Crippen LogP contribution is 2.35. The number of hydrogen-bond acceptors (Lipinski definition) is 4. The van der Waals surface area contributed by atoms with Gasteiger partial charge in [-0.25, -0.2) is 4.79 Å². The second kappa shape index (κ2) is 6.41. The van der Waals surface area contributed by atoms with Crippen molar-refractivity contribution in [3.05, 3.63) is 30.1 Å². The molecule has 1 aliphatic carbocycles. The average Bonchev–Trinajstić information content (AvgIpc) is 2.97. The van der Waals surface area contributed by atoms with Crippen molar-refractivity contribution in [1.29, 1.82) is 0 Å². The highest BCUT2D eigenvalue weighted by atomic mass is 16.7. The zero-order valence-electron chi connectivity index (χ0n) is 12.0. The molecule has 1 saturated heterocycles. The normalized spacial score (nSPS) is 21.3. The fraction of sp³-hybridized carbons (Fsp3) is 0.600. The van der Waals surface area contributed by atoms with Crippen molar-refractivity contribution < 1.29 is 14.3 Å². The number of aromatic nitrogens is 1. The second-order valence-electron chi connectivity index (χ2n) is 5.56. The summed E-state index contributed by atoms with van der Waals surface area (Å²) in [5, 5.41) is 5.89. The molecule has 2 aliphatic rings. The fourth-order valence-corrected chi connectivity index (χ4v) is 2.91. The predicted octanol–water partition coefficient (Wildman–Crippen LogP) is 1.57. The smallest absolute Gasteiger partial charge is 0.315 e. The Kier molecular flexibility index (Phi) is 4.36. The van der Waals surface area contributed by atoms with Gasteiger partial charge in [-0.15, -0.1) is 0 Å². The topological polar surface area (TPSA) is 72.5 Å². The van der Waals surface area contributed by atoms with Crippen LogP contribution in [-0.4, -0.2) is 36.1 Å². The van der Waals surface area contributed by atoms with E-state index in [1.807, 2.05) is 12.1 Å². The Morgan fingerprint density at radius 1 is 1.24 bits per heavy atom. The van der Waals surface area contributed by atoms with E-state index in [0.717, 1.165) is 31.2 Å². The number of rotatable bonds is 3. The van der Waals surface area contributed by atoms with Crippen LogP contribution >= 0.6 is 0 Å². The molecule has 114 valence electrons. The molecule has 1 aromatic rings. The van der Waals surface area contributed by atoms with Gasteiger partial charge in [0.05, 0.1) is 13.2 Å². The Bertz CT molecular complexity index is 464. The number of hydrogen-bond donors (Lipinski definition) is 2. The molecule has 1 spiro atoms. The number of ether oxygens (including phenoxy) is 2. The lowest BCUT2D eigenvalue weighted by Gasteiger charge is -2.35. The Morgan fingerprint density at radius 2 is 1.90 bits per heavy atom. The molecule has 0 atom stereocenters. The lowest BCUT2D eigenvalue weighted by atomic mass is 9.90. The molecular formula is C15H21N3O3. The molecule has 1 saturated carbocycles. The quantitative estimate of drug-likeness (QED) is 0.886. The van der Waals surface area contributed by atoms with E-state index < -0.39 is 0 Å². The van der Waals surface area contributed by atoms with Gasteiger partial charge in [-0.05, 0) is 30.5 Å². The minimum Gasteiger partial charge on any atom is -0.348 e. The van der Waals surface area contributed by atoms with E-state index in [1.54, 1.807) is 12.4 Å². The Labute approximate surface area is 124 Å². The highest BCUT2D eigenvalue weighted by molar-refractivity contribution is 5.74. The summed E-state index contributed by atoms with van der Waals surface area (Å²) >= 11 is 0. The van der Waals surface area contributed by atoms with E-state index in [-0.39, 0.29) is 17.9 Å². The fourth-order valence-electron chi connectivity index (χ4n) is 2.91. The SMILES string of the molecule is O=C(NCc1ccncc1)NC1CCC2(CC1)OCCO2. The Morgan fingerprint density at radius 3 is 2.57 bits per heavy atom. The third-order valence-corrected chi connectivity index (χ3v) is 4.10. The van der Waals surface area contributed by atoms with E-state index in [2.05, 4.69) is 15.6 Å². The number of amides is 2. The molecular weight excluding hydrogens is 270 g/mol. The molecule has 2 amide bonds. The third-order valence-electron chi connectivity index (χ3n) is 4.10. The van der Waals surface area contributed by atoms with Crippen molar-refractivity contribution in [2.45, 2.75) is 44.1 Å². The molecule has 6 heteroatoms. The predicted molar refractivity (Wildman–Crippen MR) is 76.5 cm³/mol. The lowest BCUT2D eigenvalue weighted by molar-refractivity contribution is -0.179. The van der Waals surface area contributed by atoms with Gasteiger partial charge in [0.2, 0.25) is 0 Å². The zero-order chi connectivity index (χ0) is 14.5. The molecule has 0 bridgehead atoms. The van der Waals surface area contributed by atoms with Crippen molar-refractivity contribution in [1.82, 2.24) is 15.6 Å². The number of carbonyl (C=O) groups excluding carboxylic acids is 1. The first-order chi connectivity index (χ1) is 10.3. The largest absolute Gasteiger partial charge is 0.348 e. The summed E-state index contributed by atoms with van der Waals surface area (Å²) in [4.78, 5) is 15.8. The molecule has 1 aromatic heterocycles. The van der Waals surface area contributed by atoms with Gasteiger partial charge in [0.15, 0.2) is 5.79 Å². The molecule has 0 unspecified atom stereocenters. The van der Waals surface area contributed by atoms with E-state index >= 15 is 0 Å². The highest BCUT2D eigenvalue weighted by Gasteiger charge is 2.40. The van der Waals surface area contributed by atoms with Crippen LogP contribution in [0.1, 0.15) is 31.2 Å². The molecule has 1 aliphatic heterocycles. The van der Waals surface area contributed by atoms with Gasteiger partial charge in [-0.2, -0.15) is 0 Å². The monoisotopic (exact) mass is 291 g/mol. The summed E-state index contributed by atoms with van der Waals surface area (Å²) < 4.78 is 11.4. The number of carbonyl (C=O) groups is 1. The summed E-state index contributed by atoms with van der Waals surface area (Å²) in [6.07, 6.45) is 6.92. The summed E-state index contributed by atoms with van der Waals surface area (Å²) in [7, 11) is 0. The van der Waals surface area contributed by atoms with Gasteiger partial charge >= 0.3 is 6.03 Å². The Balaban J connectivity index is 1.40. The van der Waals surface area contributed by atoms with Crippen molar-refractivity contribution in [2.24, 2.45) is 0 Å². The molecule has 2 fully saturated rings. The minimum atomic E-state index is -0.369. The van der Waals surface area contributed by atoms with Gasteiger partial charge in [-0.3, -0.25) is 4.98 Å². The van der Waals surface area contributed by atoms with E-state index in [9.17, 15) is 4.79 Å². The first-order valence-corrected chi connectivity index (χ1v) is 7.47. The van der Waals surface area contributed by atoms with Crippen LogP contribution in [0.25, 0.3) is 0 Å². The van der Waals surface area contributed by atoms with Gasteiger partial charge in [0.1, 0.15) is 0 Å². The maximum Gasteiger partial charge on any atom is 0.315 e. The van der Waals surface area contributed by atoms with Crippen LogP contribution in [0.4, 0.5) is 4.79 Å². The number of nitrogens with zero attached hydrogens (tertiary/aromatic N) is 1. The van der Waals surface area contributed by atoms with E-state index in [1.165, 1.54) is 0 Å². The summed E-state index contributed by atoms with van der Waals surface area (Å²) in [5.74, 6) is -0.369. The number of urea groups is 1. The van der Waals surface area contributed by atoms with Crippen LogP contribution in [-0.2, 0) is 16.0 Å². The van der Waals surface area contributed by atoms with Crippen LogP contribution in [0, 0.1) is 0 Å². The lowest BCUT2D eigenvalue weighted by Crippen LogP contribution is -2.47. The molecule has 2 N–H and O–H groups in total. The number of nitrogens with one attached hydrogen (secondary N) is 2. The van der Waals surface area contributed by atoms with E-state index in [4.69, 9.17) is 9.47 Å². The van der Waals surface area contributed by atoms with Gasteiger partial charge in [-0.1, -0.05) is 0 Å². The zero-order valence-corrected chi connectivity index (χ0v) is 12.0. The first kappa shape index (κ1) is 14.3. The summed E-state index contributed by atoms with van der Waals surface area (Å²) in [6.45, 7) is 1.88. The molecule has 0 aromatic carbocycles. The summed E-state index contributed by atoms with van der Waals surface area (Å²) in [6, 6.07) is 3.85. The standard InChI is InChI=1S/C15H21N3O3/c19-14(17-11-12-3-7-16-8-4-12)18-13-1-5-15(6-2-13)20-9-10-21-15/h3-4,7-8,13H,1-2,5-6,9-11H2,(H2,17,18,19). The van der Waals surface area contributed by atoms with Crippen LogP contribution in [0.15, 0.2) is 24.5 Å². The van der Waals surface area contributed by atoms with Crippen molar-refractivity contribution >= 4 is 6.03 Å². The Hall–Kier alpha value is -1.66. The second-order valence-corrected chi connectivity index (χ2v) is 5.56. The van der Waals surface area contributed by atoms with Gasteiger partial charge < -0.3 is 20.1 Å². The van der Waals surface area contributed by atoms with Crippen LogP contribution in [0.3, 0.4) is 0 Å². The minimum absolute atomic E-state index is 0.124. The van der Waals surface area contributed by atoms with Crippen LogP contribution in [0.5, 0.6) is 0 Å². The maximum atomic E-state index is 11.9. The molecule has 2 heterocycles.